The van der Waals surface area contributed by atoms with Gasteiger partial charge in [-0.1, -0.05) is 43.0 Å². The molecule has 0 atom stereocenters. The number of rotatable bonds is 4. The minimum absolute atomic E-state index is 0.0794. The molecule has 1 heterocycles. The number of nitrogens with zero attached hydrogens (tertiary/aromatic N) is 1. The highest BCUT2D eigenvalue weighted by Crippen LogP contribution is 2.42. The van der Waals surface area contributed by atoms with Gasteiger partial charge in [0, 0.05) is 17.7 Å². The Morgan fingerprint density at radius 2 is 1.33 bits per heavy atom. The number of carbonyl (C=O) groups excluding carboxylic acids is 1. The van der Waals surface area contributed by atoms with E-state index in [-0.39, 0.29) is 5.91 Å². The molecule has 0 aliphatic carbocycles. The highest BCUT2D eigenvalue weighted by Gasteiger charge is 2.31. The Balaban J connectivity index is 0.000000292. The number of β-lactam (4-membered cyclic amide) rings is 1. The van der Waals surface area contributed by atoms with Crippen molar-refractivity contribution < 1.29 is 19.0 Å². The first-order valence-electron chi connectivity index (χ1n) is 7.42. The van der Waals surface area contributed by atoms with Gasteiger partial charge in [0.15, 0.2) is 11.5 Å². The fraction of sp³-hybridized carbons (Fsp3) is 0.211. The van der Waals surface area contributed by atoms with Crippen LogP contribution in [0.2, 0.25) is 0 Å². The molecule has 24 heavy (non-hydrogen) atoms. The Hall–Kier alpha value is -2.95. The van der Waals surface area contributed by atoms with Crippen LogP contribution in [0.15, 0.2) is 60.7 Å². The van der Waals surface area contributed by atoms with Crippen LogP contribution in [0.1, 0.15) is 0 Å². The van der Waals surface area contributed by atoms with E-state index in [4.69, 9.17) is 14.2 Å². The van der Waals surface area contributed by atoms with Crippen molar-refractivity contribution in [2.45, 2.75) is 0 Å². The normalized spacial score (nSPS) is 12.7. The molecular formula is C19H21NO4. The van der Waals surface area contributed by atoms with Gasteiger partial charge >= 0.3 is 0 Å². The van der Waals surface area contributed by atoms with Gasteiger partial charge < -0.3 is 19.1 Å². The summed E-state index contributed by atoms with van der Waals surface area (Å²) in [7, 11) is 4.62. The average molecular weight is 327 g/mol. The lowest BCUT2D eigenvalue weighted by Gasteiger charge is -2.33. The van der Waals surface area contributed by atoms with Crippen molar-refractivity contribution >= 4 is 11.6 Å². The number of amides is 1. The highest BCUT2D eigenvalue weighted by molar-refractivity contribution is 6.13. The van der Waals surface area contributed by atoms with Gasteiger partial charge in [-0.15, -0.1) is 0 Å². The van der Waals surface area contributed by atoms with Crippen molar-refractivity contribution in [3.8, 4) is 17.2 Å². The Labute approximate surface area is 142 Å². The smallest absolute Gasteiger partial charge is 0.255 e. The van der Waals surface area contributed by atoms with Gasteiger partial charge in [0.2, 0.25) is 5.75 Å². The molecule has 5 heteroatoms. The van der Waals surface area contributed by atoms with E-state index in [0.29, 0.717) is 35.1 Å². The monoisotopic (exact) mass is 327 g/mol. The van der Waals surface area contributed by atoms with Gasteiger partial charge in [0.25, 0.3) is 5.91 Å². The first-order chi connectivity index (χ1) is 11.6. The summed E-state index contributed by atoms with van der Waals surface area (Å²) in [6.07, 6.45) is 0. The third kappa shape index (κ3) is 3.68. The van der Waals surface area contributed by atoms with Crippen molar-refractivity contribution in [3.05, 3.63) is 60.7 Å². The zero-order valence-corrected chi connectivity index (χ0v) is 14.1. The van der Waals surface area contributed by atoms with E-state index in [1.165, 1.54) is 21.3 Å². The molecule has 1 aliphatic heterocycles. The number of hydrogen-bond acceptors (Lipinski definition) is 4. The largest absolute Gasteiger partial charge is 0.493 e. The molecule has 0 radical (unpaired) electrons. The van der Waals surface area contributed by atoms with Crippen molar-refractivity contribution in [1.29, 1.82) is 0 Å². The minimum Gasteiger partial charge on any atom is -0.493 e. The SMILES string of the molecule is C=C1CN(c2cc(OC)c(OC)c(OC)c2)C1=O.c1ccccc1. The molecule has 0 bridgehead atoms. The molecule has 5 nitrogen and oxygen atoms in total. The molecule has 0 saturated carbocycles. The average Bonchev–Trinajstić information content (AvgIpc) is 2.66. The van der Waals surface area contributed by atoms with Gasteiger partial charge in [-0.3, -0.25) is 4.79 Å². The van der Waals surface area contributed by atoms with Crippen LogP contribution in [0.25, 0.3) is 0 Å². The van der Waals surface area contributed by atoms with Crippen molar-refractivity contribution in [2.75, 3.05) is 32.8 Å². The molecule has 126 valence electrons. The van der Waals surface area contributed by atoms with E-state index < -0.39 is 0 Å². The fourth-order valence-electron chi connectivity index (χ4n) is 2.25. The standard InChI is InChI=1S/C13H15NO4.C6H6/c1-8-7-14(13(8)15)9-5-10(16-2)12(18-4)11(6-9)17-3;1-2-4-6-5-3-1/h5-6H,1,7H2,2-4H3;1-6H. The van der Waals surface area contributed by atoms with Crippen LogP contribution in [0.3, 0.4) is 0 Å². The molecule has 0 unspecified atom stereocenters. The number of ether oxygens (including phenoxy) is 3. The highest BCUT2D eigenvalue weighted by atomic mass is 16.5. The molecule has 0 N–H and O–H groups in total. The van der Waals surface area contributed by atoms with E-state index in [1.807, 2.05) is 36.4 Å². The predicted octanol–water partition coefficient (Wildman–Crippen LogP) is 3.30. The predicted molar refractivity (Wildman–Crippen MR) is 94.0 cm³/mol. The van der Waals surface area contributed by atoms with Gasteiger partial charge in [0.05, 0.1) is 33.6 Å². The van der Waals surface area contributed by atoms with Gasteiger partial charge in [-0.05, 0) is 0 Å². The van der Waals surface area contributed by atoms with Crippen LogP contribution >= 0.6 is 0 Å². The number of carbonyl (C=O) groups is 1. The van der Waals surface area contributed by atoms with Crippen molar-refractivity contribution in [3.63, 3.8) is 0 Å². The Kier molecular flexibility index (Phi) is 5.84. The summed E-state index contributed by atoms with van der Waals surface area (Å²) in [5, 5.41) is 0. The number of anilines is 1. The molecule has 1 saturated heterocycles. The summed E-state index contributed by atoms with van der Waals surface area (Å²) < 4.78 is 15.7. The maximum Gasteiger partial charge on any atom is 0.255 e. The topological polar surface area (TPSA) is 48.0 Å². The van der Waals surface area contributed by atoms with Crippen molar-refractivity contribution in [2.24, 2.45) is 0 Å². The van der Waals surface area contributed by atoms with E-state index in [2.05, 4.69) is 6.58 Å². The molecular weight excluding hydrogens is 306 g/mol. The summed E-state index contributed by atoms with van der Waals surface area (Å²) in [6, 6.07) is 15.5. The minimum atomic E-state index is -0.0794. The van der Waals surface area contributed by atoms with Crippen LogP contribution in [0, 0.1) is 0 Å². The van der Waals surface area contributed by atoms with E-state index >= 15 is 0 Å². The summed E-state index contributed by atoms with van der Waals surface area (Å²) in [5.74, 6) is 1.48. The first-order valence-corrected chi connectivity index (χ1v) is 7.42. The Morgan fingerprint density at radius 3 is 1.62 bits per heavy atom. The van der Waals surface area contributed by atoms with Gasteiger partial charge in [0.1, 0.15) is 0 Å². The maximum absolute atomic E-state index is 11.6. The quantitative estimate of drug-likeness (QED) is 0.638. The van der Waals surface area contributed by atoms with Gasteiger partial charge in [-0.2, -0.15) is 0 Å². The fourth-order valence-corrected chi connectivity index (χ4v) is 2.25. The van der Waals surface area contributed by atoms with E-state index in [9.17, 15) is 4.79 Å². The second kappa shape index (κ2) is 8.06. The summed E-state index contributed by atoms with van der Waals surface area (Å²) in [4.78, 5) is 13.2. The van der Waals surface area contributed by atoms with Crippen LogP contribution in [-0.2, 0) is 4.79 Å². The summed E-state index contributed by atoms with van der Waals surface area (Å²) >= 11 is 0. The molecule has 0 spiro atoms. The van der Waals surface area contributed by atoms with E-state index in [0.717, 1.165) is 0 Å². The zero-order valence-electron chi connectivity index (χ0n) is 14.1. The Bertz CT molecular complexity index is 661. The zero-order chi connectivity index (χ0) is 17.5. The Morgan fingerprint density at radius 1 is 0.875 bits per heavy atom. The molecule has 1 fully saturated rings. The lowest BCUT2D eigenvalue weighted by atomic mass is 10.1. The lowest BCUT2D eigenvalue weighted by Crippen LogP contribution is -2.45. The van der Waals surface area contributed by atoms with Crippen LogP contribution in [-0.4, -0.2) is 33.8 Å². The second-order valence-corrected chi connectivity index (χ2v) is 5.03. The van der Waals surface area contributed by atoms with Crippen LogP contribution < -0.4 is 19.1 Å². The van der Waals surface area contributed by atoms with Crippen LogP contribution in [0.5, 0.6) is 17.2 Å². The summed E-state index contributed by atoms with van der Waals surface area (Å²) in [6.45, 7) is 4.18. The molecule has 0 aromatic heterocycles. The first kappa shape index (κ1) is 17.4. The van der Waals surface area contributed by atoms with E-state index in [1.54, 1.807) is 17.0 Å². The molecule has 1 amide bonds. The molecule has 2 aromatic rings. The summed E-state index contributed by atoms with van der Waals surface area (Å²) in [5.41, 5.74) is 1.31. The third-order valence-corrected chi connectivity index (χ3v) is 3.52. The van der Waals surface area contributed by atoms with Crippen LogP contribution in [0.4, 0.5) is 5.69 Å². The van der Waals surface area contributed by atoms with Gasteiger partial charge in [-0.25, -0.2) is 0 Å². The molecule has 3 rings (SSSR count). The third-order valence-electron chi connectivity index (χ3n) is 3.52. The number of benzene rings is 2. The van der Waals surface area contributed by atoms with Crippen molar-refractivity contribution in [1.82, 2.24) is 0 Å². The maximum atomic E-state index is 11.6. The molecule has 1 aliphatic rings. The number of hydrogen-bond donors (Lipinski definition) is 0. The lowest BCUT2D eigenvalue weighted by molar-refractivity contribution is -0.117. The molecule has 2 aromatic carbocycles. The second-order valence-electron chi connectivity index (χ2n) is 5.03. The number of methoxy groups -OCH3 is 3.